The van der Waals surface area contributed by atoms with E-state index >= 15 is 0 Å². The number of nitrogens with zero attached hydrogens (tertiary/aromatic N) is 1. The first-order chi connectivity index (χ1) is 13.4. The van der Waals surface area contributed by atoms with Gasteiger partial charge in [-0.25, -0.2) is 9.59 Å². The fourth-order valence-corrected chi connectivity index (χ4v) is 2.65. The number of urea groups is 1. The van der Waals surface area contributed by atoms with Gasteiger partial charge in [0.1, 0.15) is 11.5 Å². The Labute approximate surface area is 163 Å². The van der Waals surface area contributed by atoms with Gasteiger partial charge in [0.2, 0.25) is 0 Å². The van der Waals surface area contributed by atoms with Gasteiger partial charge in [-0.15, -0.1) is 0 Å². The molecule has 0 aliphatic heterocycles. The summed E-state index contributed by atoms with van der Waals surface area (Å²) in [6.45, 7) is 2.13. The second-order valence-corrected chi connectivity index (χ2v) is 5.99. The van der Waals surface area contributed by atoms with Crippen molar-refractivity contribution in [3.8, 4) is 11.5 Å². The van der Waals surface area contributed by atoms with Gasteiger partial charge in [0.15, 0.2) is 0 Å². The monoisotopic (exact) mass is 388 g/mol. The average molecular weight is 388 g/mol. The number of anilines is 1. The van der Waals surface area contributed by atoms with Gasteiger partial charge in [-0.05, 0) is 42.8 Å². The molecule has 2 aromatic carbocycles. The minimum atomic E-state index is -0.971. The number of methoxy groups -OCH3 is 2. The van der Waals surface area contributed by atoms with E-state index in [9.17, 15) is 19.8 Å². The van der Waals surface area contributed by atoms with E-state index in [0.717, 1.165) is 0 Å². The number of esters is 1. The number of carbonyl (C=O) groups is 2. The molecule has 150 valence electrons. The van der Waals surface area contributed by atoms with Crippen LogP contribution in [0.2, 0.25) is 0 Å². The molecule has 0 unspecified atom stereocenters. The Kier molecular flexibility index (Phi) is 7.22. The summed E-state index contributed by atoms with van der Waals surface area (Å²) < 4.78 is 9.92. The number of nitrogens with one attached hydrogen (secondary N) is 1. The molecule has 1 atom stereocenters. The SMILES string of the molecule is CCN(C[C@@H](O)c1cccc(O)c1)C(=O)Nc1cc(C(=O)OC)ccc1OC. The summed E-state index contributed by atoms with van der Waals surface area (Å²) in [6.07, 6.45) is -0.971. The van der Waals surface area contributed by atoms with Crippen LogP contribution in [-0.2, 0) is 4.74 Å². The smallest absolute Gasteiger partial charge is 0.337 e. The summed E-state index contributed by atoms with van der Waals surface area (Å²) in [5.41, 5.74) is 1.07. The standard InChI is InChI=1S/C20H24N2O6/c1-4-22(12-17(24)13-6-5-7-15(23)10-13)20(26)21-16-11-14(19(25)28-3)8-9-18(16)27-2/h5-11,17,23-24H,4,12H2,1-3H3,(H,21,26)/t17-/m1/s1. The van der Waals surface area contributed by atoms with Crippen molar-refractivity contribution in [2.45, 2.75) is 13.0 Å². The molecular weight excluding hydrogens is 364 g/mol. The van der Waals surface area contributed by atoms with Crippen molar-refractivity contribution < 1.29 is 29.3 Å². The first-order valence-electron chi connectivity index (χ1n) is 8.68. The fourth-order valence-electron chi connectivity index (χ4n) is 2.65. The van der Waals surface area contributed by atoms with E-state index in [1.165, 1.54) is 43.4 Å². The molecule has 0 saturated heterocycles. The van der Waals surface area contributed by atoms with Gasteiger partial charge >= 0.3 is 12.0 Å². The van der Waals surface area contributed by atoms with E-state index < -0.39 is 18.1 Å². The Morgan fingerprint density at radius 3 is 2.54 bits per heavy atom. The zero-order valence-electron chi connectivity index (χ0n) is 16.0. The van der Waals surface area contributed by atoms with Crippen LogP contribution in [0.1, 0.15) is 28.9 Å². The van der Waals surface area contributed by atoms with Crippen LogP contribution in [0, 0.1) is 0 Å². The minimum Gasteiger partial charge on any atom is -0.508 e. The predicted octanol–water partition coefficient (Wildman–Crippen LogP) is 2.77. The normalized spacial score (nSPS) is 11.4. The summed E-state index contributed by atoms with van der Waals surface area (Å²) in [6, 6.07) is 10.3. The van der Waals surface area contributed by atoms with Crippen molar-refractivity contribution in [1.82, 2.24) is 4.90 Å². The van der Waals surface area contributed by atoms with Gasteiger partial charge in [0.25, 0.3) is 0 Å². The maximum atomic E-state index is 12.7. The molecule has 0 aromatic heterocycles. The Balaban J connectivity index is 2.16. The van der Waals surface area contributed by atoms with Gasteiger partial charge in [-0.2, -0.15) is 0 Å². The number of hydrogen-bond donors (Lipinski definition) is 3. The molecule has 0 heterocycles. The number of hydrogen-bond acceptors (Lipinski definition) is 6. The molecular formula is C20H24N2O6. The minimum absolute atomic E-state index is 0.0186. The van der Waals surface area contributed by atoms with Gasteiger partial charge in [0, 0.05) is 6.54 Å². The van der Waals surface area contributed by atoms with Crippen LogP contribution in [0.15, 0.2) is 42.5 Å². The summed E-state index contributed by atoms with van der Waals surface area (Å²) in [5.74, 6) is -0.121. The Bertz CT molecular complexity index is 839. The molecule has 0 aliphatic rings. The maximum Gasteiger partial charge on any atom is 0.337 e. The topological polar surface area (TPSA) is 108 Å². The van der Waals surface area contributed by atoms with Crippen molar-refractivity contribution in [2.75, 3.05) is 32.6 Å². The first-order valence-corrected chi connectivity index (χ1v) is 8.68. The lowest BCUT2D eigenvalue weighted by atomic mass is 10.1. The molecule has 8 heteroatoms. The molecule has 3 N–H and O–H groups in total. The molecule has 2 rings (SSSR count). The molecule has 0 aliphatic carbocycles. The van der Waals surface area contributed by atoms with E-state index in [2.05, 4.69) is 5.32 Å². The maximum absolute atomic E-state index is 12.7. The van der Waals surface area contributed by atoms with E-state index in [1.807, 2.05) is 0 Å². The van der Waals surface area contributed by atoms with Crippen LogP contribution in [0.5, 0.6) is 11.5 Å². The lowest BCUT2D eigenvalue weighted by Gasteiger charge is -2.25. The average Bonchev–Trinajstić information content (AvgIpc) is 2.70. The fraction of sp³-hybridized carbons (Fsp3) is 0.300. The number of carbonyl (C=O) groups excluding carboxylic acids is 2. The number of phenolic OH excluding ortho intramolecular Hbond substituents is 1. The molecule has 0 radical (unpaired) electrons. The molecule has 0 fully saturated rings. The molecule has 2 aromatic rings. The highest BCUT2D eigenvalue weighted by Crippen LogP contribution is 2.26. The van der Waals surface area contributed by atoms with Crippen molar-refractivity contribution >= 4 is 17.7 Å². The summed E-state index contributed by atoms with van der Waals surface area (Å²) in [4.78, 5) is 25.8. The summed E-state index contributed by atoms with van der Waals surface area (Å²) in [5, 5.41) is 22.6. The molecule has 0 spiro atoms. The summed E-state index contributed by atoms with van der Waals surface area (Å²) >= 11 is 0. The predicted molar refractivity (Wildman–Crippen MR) is 104 cm³/mol. The van der Waals surface area contributed by atoms with Crippen molar-refractivity contribution in [3.63, 3.8) is 0 Å². The largest absolute Gasteiger partial charge is 0.508 e. The number of aliphatic hydroxyl groups excluding tert-OH is 1. The lowest BCUT2D eigenvalue weighted by molar-refractivity contribution is 0.0600. The number of ether oxygens (including phenoxy) is 2. The van der Waals surface area contributed by atoms with E-state index in [0.29, 0.717) is 23.5 Å². The number of likely N-dealkylation sites (N-methyl/N-ethyl adjacent to an activating group) is 1. The van der Waals surface area contributed by atoms with Crippen molar-refractivity contribution in [3.05, 3.63) is 53.6 Å². The summed E-state index contributed by atoms with van der Waals surface area (Å²) in [7, 11) is 2.72. The van der Waals surface area contributed by atoms with E-state index in [4.69, 9.17) is 9.47 Å². The van der Waals surface area contributed by atoms with Gasteiger partial charge in [-0.3, -0.25) is 0 Å². The Morgan fingerprint density at radius 1 is 1.18 bits per heavy atom. The quantitative estimate of drug-likeness (QED) is 0.630. The number of phenols is 1. The number of aliphatic hydroxyl groups is 1. The highest BCUT2D eigenvalue weighted by Gasteiger charge is 2.20. The molecule has 2 amide bonds. The Hall–Kier alpha value is -3.26. The Morgan fingerprint density at radius 2 is 1.93 bits per heavy atom. The van der Waals surface area contributed by atoms with Gasteiger partial charge in [0.05, 0.1) is 38.1 Å². The van der Waals surface area contributed by atoms with Crippen LogP contribution in [0.25, 0.3) is 0 Å². The zero-order valence-corrected chi connectivity index (χ0v) is 16.0. The third-order valence-electron chi connectivity index (χ3n) is 4.18. The molecule has 28 heavy (non-hydrogen) atoms. The van der Waals surface area contributed by atoms with Crippen LogP contribution in [-0.4, -0.2) is 54.4 Å². The van der Waals surface area contributed by atoms with Crippen LogP contribution in [0.4, 0.5) is 10.5 Å². The first kappa shape index (κ1) is 21.0. The zero-order chi connectivity index (χ0) is 20.7. The van der Waals surface area contributed by atoms with E-state index in [1.54, 1.807) is 25.1 Å². The number of aromatic hydroxyl groups is 1. The number of rotatable bonds is 7. The highest BCUT2D eigenvalue weighted by atomic mass is 16.5. The van der Waals surface area contributed by atoms with Crippen molar-refractivity contribution in [1.29, 1.82) is 0 Å². The molecule has 8 nitrogen and oxygen atoms in total. The lowest BCUT2D eigenvalue weighted by Crippen LogP contribution is -2.38. The van der Waals surface area contributed by atoms with Crippen LogP contribution >= 0.6 is 0 Å². The van der Waals surface area contributed by atoms with Crippen LogP contribution < -0.4 is 10.1 Å². The molecule has 0 saturated carbocycles. The number of benzene rings is 2. The molecule has 0 bridgehead atoms. The third-order valence-corrected chi connectivity index (χ3v) is 4.18. The second-order valence-electron chi connectivity index (χ2n) is 5.99. The second kappa shape index (κ2) is 9.61. The van der Waals surface area contributed by atoms with Gasteiger partial charge < -0.3 is 29.9 Å². The highest BCUT2D eigenvalue weighted by molar-refractivity contribution is 5.95. The van der Waals surface area contributed by atoms with Crippen molar-refractivity contribution in [2.24, 2.45) is 0 Å². The van der Waals surface area contributed by atoms with E-state index in [-0.39, 0.29) is 17.9 Å². The van der Waals surface area contributed by atoms with Crippen LogP contribution in [0.3, 0.4) is 0 Å². The van der Waals surface area contributed by atoms with Gasteiger partial charge in [-0.1, -0.05) is 12.1 Å². The number of amides is 2. The third kappa shape index (κ3) is 5.14.